The maximum atomic E-state index is 15.5. The molecular formula is C42H39Cl2N3O7. The first-order valence-electron chi connectivity index (χ1n) is 18.6. The van der Waals surface area contributed by atoms with Crippen molar-refractivity contribution in [2.45, 2.75) is 62.8 Å². The minimum atomic E-state index is -1.50. The van der Waals surface area contributed by atoms with Crippen LogP contribution < -0.4 is 14.9 Å². The van der Waals surface area contributed by atoms with Gasteiger partial charge in [-0.25, -0.2) is 0 Å². The summed E-state index contributed by atoms with van der Waals surface area (Å²) >= 11 is 12.8. The molecule has 278 valence electrons. The number of anilines is 1. The summed E-state index contributed by atoms with van der Waals surface area (Å²) in [5.41, 5.74) is 4.75. The number of hydrazine groups is 1. The molecule has 3 aromatic rings. The predicted octanol–water partition coefficient (Wildman–Crippen LogP) is 7.38. The summed E-state index contributed by atoms with van der Waals surface area (Å²) in [5.74, 6) is -3.40. The van der Waals surface area contributed by atoms with Crippen molar-refractivity contribution in [3.63, 3.8) is 0 Å². The molecule has 10 nitrogen and oxygen atoms in total. The fourth-order valence-electron chi connectivity index (χ4n) is 10.4. The Morgan fingerprint density at radius 1 is 0.907 bits per heavy atom. The molecular weight excluding hydrogens is 729 g/mol. The van der Waals surface area contributed by atoms with E-state index in [1.165, 1.54) is 6.07 Å². The van der Waals surface area contributed by atoms with Crippen LogP contribution in [-0.4, -0.2) is 51.8 Å². The lowest BCUT2D eigenvalue weighted by Gasteiger charge is -2.51. The van der Waals surface area contributed by atoms with Gasteiger partial charge >= 0.3 is 0 Å². The number of carbonyl (C=O) groups excluding carboxylic acids is 4. The second kappa shape index (κ2) is 13.2. The van der Waals surface area contributed by atoms with Gasteiger partial charge in [-0.2, -0.15) is 5.01 Å². The van der Waals surface area contributed by atoms with Crippen LogP contribution >= 0.6 is 23.2 Å². The largest absolute Gasteiger partial charge is 0.508 e. The van der Waals surface area contributed by atoms with Gasteiger partial charge in [0.2, 0.25) is 11.8 Å². The van der Waals surface area contributed by atoms with Gasteiger partial charge in [-0.15, -0.1) is 0 Å². The molecule has 3 aromatic carbocycles. The lowest BCUT2D eigenvalue weighted by molar-refractivity contribution is -0.144. The van der Waals surface area contributed by atoms with Crippen molar-refractivity contribution < 1.29 is 33.8 Å². The molecule has 9 rings (SSSR count). The molecule has 3 heterocycles. The third-order valence-corrected chi connectivity index (χ3v) is 13.2. The van der Waals surface area contributed by atoms with Crippen molar-refractivity contribution in [1.29, 1.82) is 0 Å². The van der Waals surface area contributed by atoms with Gasteiger partial charge in [0.1, 0.15) is 17.2 Å². The lowest BCUT2D eigenvalue weighted by atomic mass is 9.48. The van der Waals surface area contributed by atoms with E-state index >= 15 is 9.59 Å². The fraction of sp³-hybridized carbons (Fsp3) is 0.381. The zero-order valence-corrected chi connectivity index (χ0v) is 31.1. The third-order valence-electron chi connectivity index (χ3n) is 12.7. The first-order valence-corrected chi connectivity index (χ1v) is 19.4. The second-order valence-corrected chi connectivity index (χ2v) is 16.2. The van der Waals surface area contributed by atoms with E-state index in [2.05, 4.69) is 11.5 Å². The number of ether oxygens (including phenoxy) is 2. The number of rotatable bonds is 6. The van der Waals surface area contributed by atoms with Crippen LogP contribution in [0.25, 0.3) is 0 Å². The maximum Gasteiger partial charge on any atom is 0.260 e. The Balaban J connectivity index is 1.22. The Hall–Kier alpha value is -4.80. The van der Waals surface area contributed by atoms with E-state index in [1.54, 1.807) is 60.7 Å². The van der Waals surface area contributed by atoms with Crippen molar-refractivity contribution in [3.8, 4) is 17.2 Å². The Morgan fingerprint density at radius 3 is 2.43 bits per heavy atom. The molecule has 4 amide bonds. The SMILES string of the molecule is COc1ccc(C23C(=O)N(Nc4ccc(Cl)cc4Cl)C(=O)C2CC2C(=CCC4C(=O)N(C5CCCCC5)C(=O)C42)C3C2=COc3ccc(O)cc3C2)cc1. The van der Waals surface area contributed by atoms with Crippen LogP contribution in [-0.2, 0) is 31.0 Å². The number of halogens is 2. The standard InChI is InChI=1S/C42H39Cl2N3O7/c1-53-28-11-7-24(8-12-28)42-32(39(50)47(41(42)52)45-34-15-9-25(43)19-33(34)44)20-31-29(37(42)23-17-22-18-27(48)10-16-35(22)54-21-23)13-14-30-36(31)40(51)46(38(30)49)26-5-3-2-4-6-26/h7-13,15-16,18-19,21,26,30-32,36-37,45,48H,2-6,14,17,20H2,1H3. The van der Waals surface area contributed by atoms with Gasteiger partial charge in [0.05, 0.1) is 47.3 Å². The van der Waals surface area contributed by atoms with Crippen LogP contribution in [0.2, 0.25) is 10.0 Å². The summed E-state index contributed by atoms with van der Waals surface area (Å²) in [5, 5.41) is 12.2. The zero-order valence-electron chi connectivity index (χ0n) is 29.6. The number of carbonyl (C=O) groups is 4. The highest BCUT2D eigenvalue weighted by Crippen LogP contribution is 2.63. The molecule has 2 N–H and O–H groups in total. The van der Waals surface area contributed by atoms with E-state index in [-0.39, 0.29) is 35.0 Å². The smallest absolute Gasteiger partial charge is 0.260 e. The molecule has 0 spiro atoms. The van der Waals surface area contributed by atoms with E-state index in [0.29, 0.717) is 40.6 Å². The minimum Gasteiger partial charge on any atom is -0.508 e. The van der Waals surface area contributed by atoms with Gasteiger partial charge in [-0.05, 0) is 91.3 Å². The number of likely N-dealkylation sites (tertiary alicyclic amines) is 1. The van der Waals surface area contributed by atoms with Crippen LogP contribution in [0.4, 0.5) is 5.69 Å². The highest BCUT2D eigenvalue weighted by molar-refractivity contribution is 6.36. The molecule has 3 aliphatic carbocycles. The number of imide groups is 2. The van der Waals surface area contributed by atoms with Crippen molar-refractivity contribution in [2.75, 3.05) is 12.5 Å². The van der Waals surface area contributed by atoms with Crippen LogP contribution in [0.5, 0.6) is 17.2 Å². The number of nitrogens with one attached hydrogen (secondary N) is 1. The molecule has 12 heteroatoms. The highest BCUT2D eigenvalue weighted by Gasteiger charge is 2.71. The summed E-state index contributed by atoms with van der Waals surface area (Å²) < 4.78 is 11.7. The number of methoxy groups -OCH3 is 1. The summed E-state index contributed by atoms with van der Waals surface area (Å²) in [6.45, 7) is 0. The van der Waals surface area contributed by atoms with E-state index in [0.717, 1.165) is 53.8 Å². The predicted molar refractivity (Wildman–Crippen MR) is 201 cm³/mol. The topological polar surface area (TPSA) is 125 Å². The first-order chi connectivity index (χ1) is 26.1. The Morgan fingerprint density at radius 2 is 1.69 bits per heavy atom. The van der Waals surface area contributed by atoms with Crippen LogP contribution in [0.3, 0.4) is 0 Å². The van der Waals surface area contributed by atoms with Gasteiger partial charge in [-0.3, -0.25) is 29.5 Å². The van der Waals surface area contributed by atoms with Gasteiger partial charge in [0.25, 0.3) is 11.8 Å². The number of allylic oxidation sites excluding steroid dienone is 3. The molecule has 6 unspecified atom stereocenters. The average molecular weight is 769 g/mol. The number of amides is 4. The number of hydrogen-bond acceptors (Lipinski definition) is 8. The molecule has 0 bridgehead atoms. The second-order valence-electron chi connectivity index (χ2n) is 15.3. The summed E-state index contributed by atoms with van der Waals surface area (Å²) in [6, 6.07) is 16.7. The highest BCUT2D eigenvalue weighted by atomic mass is 35.5. The molecule has 6 aliphatic rings. The minimum absolute atomic E-state index is 0.0720. The Labute approximate surface area is 322 Å². The van der Waals surface area contributed by atoms with Crippen molar-refractivity contribution in [3.05, 3.63) is 105 Å². The number of aromatic hydroxyl groups is 1. The van der Waals surface area contributed by atoms with Gasteiger partial charge in [-0.1, -0.05) is 66.2 Å². The van der Waals surface area contributed by atoms with E-state index in [1.807, 2.05) is 12.1 Å². The van der Waals surface area contributed by atoms with E-state index in [4.69, 9.17) is 32.7 Å². The molecule has 0 aromatic heterocycles. The Bertz CT molecular complexity index is 2160. The van der Waals surface area contributed by atoms with Gasteiger partial charge < -0.3 is 14.6 Å². The van der Waals surface area contributed by atoms with Crippen molar-refractivity contribution in [2.24, 2.45) is 29.6 Å². The van der Waals surface area contributed by atoms with Crippen LogP contribution in [0, 0.1) is 29.6 Å². The normalized spacial score (nSPS) is 29.1. The van der Waals surface area contributed by atoms with Crippen LogP contribution in [0.15, 0.2) is 84.1 Å². The van der Waals surface area contributed by atoms with E-state index in [9.17, 15) is 14.7 Å². The zero-order chi connectivity index (χ0) is 37.5. The van der Waals surface area contributed by atoms with E-state index < -0.39 is 46.8 Å². The van der Waals surface area contributed by atoms with Crippen LogP contribution in [0.1, 0.15) is 56.1 Å². The average Bonchev–Trinajstić information content (AvgIpc) is 3.56. The number of fused-ring (bicyclic) bond motifs is 5. The van der Waals surface area contributed by atoms with Crippen molar-refractivity contribution in [1.82, 2.24) is 9.91 Å². The number of phenolic OH excluding ortho intramolecular Hbond substituents is 1. The molecule has 6 atom stereocenters. The molecule has 54 heavy (non-hydrogen) atoms. The number of phenols is 1. The molecule has 2 saturated heterocycles. The first kappa shape index (κ1) is 34.9. The van der Waals surface area contributed by atoms with Gasteiger partial charge in [0, 0.05) is 29.0 Å². The maximum absolute atomic E-state index is 15.5. The van der Waals surface area contributed by atoms with Crippen molar-refractivity contribution >= 4 is 52.5 Å². The molecule has 2 saturated carbocycles. The number of nitrogens with zero attached hydrogens (tertiary/aromatic N) is 2. The molecule has 3 aliphatic heterocycles. The summed E-state index contributed by atoms with van der Waals surface area (Å²) in [6.07, 6.45) is 9.17. The summed E-state index contributed by atoms with van der Waals surface area (Å²) in [4.78, 5) is 60.8. The quantitative estimate of drug-likeness (QED) is 0.197. The number of benzene rings is 3. The summed E-state index contributed by atoms with van der Waals surface area (Å²) in [7, 11) is 1.56. The monoisotopic (exact) mass is 767 g/mol. The molecule has 0 radical (unpaired) electrons. The van der Waals surface area contributed by atoms with Gasteiger partial charge in [0.15, 0.2) is 0 Å². The number of hydrogen-bond donors (Lipinski definition) is 2. The molecule has 4 fully saturated rings. The third kappa shape index (κ3) is 5.20. The lowest BCUT2D eigenvalue weighted by Crippen LogP contribution is -2.55. The fourth-order valence-corrected chi connectivity index (χ4v) is 10.8. The Kier molecular flexibility index (Phi) is 8.54.